The molecule has 1 aliphatic rings. The lowest BCUT2D eigenvalue weighted by molar-refractivity contribution is -0.146. The topological polar surface area (TPSA) is 78.4 Å². The first-order chi connectivity index (χ1) is 9.50. The number of unbranched alkanes of at least 4 members (excludes halogenated alkanes) is 2. The van der Waals surface area contributed by atoms with Crippen LogP contribution in [0.25, 0.3) is 0 Å². The summed E-state index contributed by atoms with van der Waals surface area (Å²) in [6, 6.07) is -0.401. The second-order valence-electron chi connectivity index (χ2n) is 5.63. The third-order valence-corrected chi connectivity index (χ3v) is 3.79. The highest BCUT2D eigenvalue weighted by atomic mass is 16.4. The Morgan fingerprint density at radius 1 is 1.45 bits per heavy atom. The Bertz CT molecular complexity index is 389. The van der Waals surface area contributed by atoms with Crippen molar-refractivity contribution in [1.82, 2.24) is 10.6 Å². The maximum Gasteiger partial charge on any atom is 0.329 e. The van der Waals surface area contributed by atoms with Crippen molar-refractivity contribution in [2.24, 2.45) is 5.92 Å². The summed E-state index contributed by atoms with van der Waals surface area (Å²) >= 11 is 0. The number of terminal acetylenes is 1. The van der Waals surface area contributed by atoms with Gasteiger partial charge in [0.1, 0.15) is 5.54 Å². The van der Waals surface area contributed by atoms with Crippen molar-refractivity contribution in [3.8, 4) is 12.3 Å². The van der Waals surface area contributed by atoms with Gasteiger partial charge in [-0.15, -0.1) is 12.3 Å². The fraction of sp³-hybridized carbons (Fsp3) is 0.733. The van der Waals surface area contributed by atoms with E-state index in [0.29, 0.717) is 31.7 Å². The van der Waals surface area contributed by atoms with E-state index < -0.39 is 17.5 Å². The number of carboxylic acid groups (broad SMARTS) is 1. The molecule has 0 aliphatic heterocycles. The van der Waals surface area contributed by atoms with Gasteiger partial charge in [0.25, 0.3) is 0 Å². The molecule has 1 saturated carbocycles. The Morgan fingerprint density at radius 3 is 2.80 bits per heavy atom. The molecule has 0 aromatic carbocycles. The van der Waals surface area contributed by atoms with Gasteiger partial charge in [0.2, 0.25) is 0 Å². The number of carboxylic acids is 1. The van der Waals surface area contributed by atoms with E-state index in [1.807, 2.05) is 6.92 Å². The van der Waals surface area contributed by atoms with Crippen molar-refractivity contribution >= 4 is 12.0 Å². The zero-order valence-corrected chi connectivity index (χ0v) is 12.1. The summed E-state index contributed by atoms with van der Waals surface area (Å²) in [6.45, 7) is 2.54. The van der Waals surface area contributed by atoms with Crippen LogP contribution in [-0.2, 0) is 4.79 Å². The SMILES string of the molecule is C#CCCCCNC(=O)NC1(C(=O)O)CCCC(C)C1. The van der Waals surface area contributed by atoms with Crippen molar-refractivity contribution in [3.05, 3.63) is 0 Å². The van der Waals surface area contributed by atoms with Crippen LogP contribution in [0.4, 0.5) is 4.79 Å². The average molecular weight is 280 g/mol. The summed E-state index contributed by atoms with van der Waals surface area (Å²) in [6.07, 6.45) is 10.3. The molecule has 5 nitrogen and oxygen atoms in total. The van der Waals surface area contributed by atoms with Crippen LogP contribution in [0.1, 0.15) is 51.9 Å². The van der Waals surface area contributed by atoms with Gasteiger partial charge in [-0.05, 0) is 31.6 Å². The van der Waals surface area contributed by atoms with E-state index in [0.717, 1.165) is 25.7 Å². The molecule has 0 spiro atoms. The van der Waals surface area contributed by atoms with Gasteiger partial charge in [0, 0.05) is 13.0 Å². The number of carbonyl (C=O) groups is 2. The van der Waals surface area contributed by atoms with Crippen molar-refractivity contribution in [2.75, 3.05) is 6.54 Å². The molecule has 2 amide bonds. The minimum atomic E-state index is -1.11. The average Bonchev–Trinajstić information content (AvgIpc) is 2.38. The van der Waals surface area contributed by atoms with Gasteiger partial charge in [0.05, 0.1) is 0 Å². The fourth-order valence-electron chi connectivity index (χ4n) is 2.73. The van der Waals surface area contributed by atoms with Crippen molar-refractivity contribution in [3.63, 3.8) is 0 Å². The van der Waals surface area contributed by atoms with E-state index in [9.17, 15) is 14.7 Å². The van der Waals surface area contributed by atoms with E-state index >= 15 is 0 Å². The number of aliphatic carboxylic acids is 1. The van der Waals surface area contributed by atoms with Gasteiger partial charge in [-0.1, -0.05) is 19.8 Å². The molecule has 20 heavy (non-hydrogen) atoms. The largest absolute Gasteiger partial charge is 0.480 e. The number of hydrogen-bond acceptors (Lipinski definition) is 2. The number of hydrogen-bond donors (Lipinski definition) is 3. The molecule has 2 atom stereocenters. The van der Waals surface area contributed by atoms with Gasteiger partial charge in [0.15, 0.2) is 0 Å². The zero-order valence-electron chi connectivity index (χ0n) is 12.1. The first-order valence-electron chi connectivity index (χ1n) is 7.23. The summed E-state index contributed by atoms with van der Waals surface area (Å²) in [4.78, 5) is 23.3. The third kappa shape index (κ3) is 4.76. The van der Waals surface area contributed by atoms with E-state index in [-0.39, 0.29) is 0 Å². The second kappa shape index (κ2) is 7.78. The third-order valence-electron chi connectivity index (χ3n) is 3.79. The Labute approximate surface area is 120 Å². The summed E-state index contributed by atoms with van der Waals surface area (Å²) in [5.41, 5.74) is -1.11. The molecular weight excluding hydrogens is 256 g/mol. The molecule has 1 rings (SSSR count). The molecule has 5 heteroatoms. The molecule has 0 aromatic heterocycles. The highest BCUT2D eigenvalue weighted by molar-refractivity contribution is 5.86. The number of urea groups is 1. The van der Waals surface area contributed by atoms with E-state index in [4.69, 9.17) is 6.42 Å². The standard InChI is InChI=1S/C15H24N2O3/c1-3-4-5-6-10-16-14(20)17-15(13(18)19)9-7-8-12(2)11-15/h1,12H,4-11H2,2H3,(H,18,19)(H2,16,17,20). The van der Waals surface area contributed by atoms with Gasteiger partial charge >= 0.3 is 12.0 Å². The Balaban J connectivity index is 2.44. The highest BCUT2D eigenvalue weighted by Gasteiger charge is 2.43. The van der Waals surface area contributed by atoms with Gasteiger partial charge in [-0.2, -0.15) is 0 Å². The quantitative estimate of drug-likeness (QED) is 0.515. The monoisotopic (exact) mass is 280 g/mol. The summed E-state index contributed by atoms with van der Waals surface area (Å²) in [5.74, 6) is 1.92. The summed E-state index contributed by atoms with van der Waals surface area (Å²) < 4.78 is 0. The van der Waals surface area contributed by atoms with Crippen LogP contribution >= 0.6 is 0 Å². The predicted octanol–water partition coefficient (Wildman–Crippen LogP) is 2.12. The van der Waals surface area contributed by atoms with Crippen molar-refractivity contribution < 1.29 is 14.7 Å². The first kappa shape index (κ1) is 16.4. The normalized spacial score (nSPS) is 25.5. The molecule has 1 aliphatic carbocycles. The molecule has 0 aromatic rings. The minimum absolute atomic E-state index is 0.316. The molecule has 0 heterocycles. The minimum Gasteiger partial charge on any atom is -0.480 e. The van der Waals surface area contributed by atoms with Crippen LogP contribution in [0.2, 0.25) is 0 Å². The highest BCUT2D eigenvalue weighted by Crippen LogP contribution is 2.32. The molecular formula is C15H24N2O3. The van der Waals surface area contributed by atoms with Crippen LogP contribution in [0.3, 0.4) is 0 Å². The number of amides is 2. The number of rotatable bonds is 6. The molecule has 3 N–H and O–H groups in total. The van der Waals surface area contributed by atoms with E-state index in [1.165, 1.54) is 0 Å². The van der Waals surface area contributed by atoms with E-state index in [1.54, 1.807) is 0 Å². The lowest BCUT2D eigenvalue weighted by atomic mass is 9.76. The Kier molecular flexibility index (Phi) is 6.37. The van der Waals surface area contributed by atoms with Crippen LogP contribution in [-0.4, -0.2) is 29.2 Å². The maximum absolute atomic E-state index is 11.8. The van der Waals surface area contributed by atoms with Gasteiger partial charge < -0.3 is 15.7 Å². The number of nitrogens with one attached hydrogen (secondary N) is 2. The second-order valence-corrected chi connectivity index (χ2v) is 5.63. The van der Waals surface area contributed by atoms with E-state index in [2.05, 4.69) is 16.6 Å². The van der Waals surface area contributed by atoms with Crippen LogP contribution in [0.15, 0.2) is 0 Å². The molecule has 2 unspecified atom stereocenters. The molecule has 1 fully saturated rings. The molecule has 0 bridgehead atoms. The van der Waals surface area contributed by atoms with Crippen LogP contribution < -0.4 is 10.6 Å². The smallest absolute Gasteiger partial charge is 0.329 e. The first-order valence-corrected chi connectivity index (χ1v) is 7.23. The summed E-state index contributed by atoms with van der Waals surface area (Å²) in [5, 5.41) is 14.8. The Morgan fingerprint density at radius 2 is 2.20 bits per heavy atom. The maximum atomic E-state index is 11.8. The predicted molar refractivity (Wildman–Crippen MR) is 77.2 cm³/mol. The molecule has 112 valence electrons. The van der Waals surface area contributed by atoms with Crippen LogP contribution in [0.5, 0.6) is 0 Å². The lowest BCUT2D eigenvalue weighted by Crippen LogP contribution is -2.59. The zero-order chi connectivity index (χ0) is 15.0. The molecule has 0 saturated heterocycles. The van der Waals surface area contributed by atoms with Gasteiger partial charge in [-0.25, -0.2) is 9.59 Å². The number of carbonyl (C=O) groups excluding carboxylic acids is 1. The fourth-order valence-corrected chi connectivity index (χ4v) is 2.73. The summed E-state index contributed by atoms with van der Waals surface area (Å²) in [7, 11) is 0. The lowest BCUT2D eigenvalue weighted by Gasteiger charge is -2.37. The van der Waals surface area contributed by atoms with Crippen molar-refractivity contribution in [2.45, 2.75) is 57.4 Å². The van der Waals surface area contributed by atoms with Crippen molar-refractivity contribution in [1.29, 1.82) is 0 Å². The molecule has 0 radical (unpaired) electrons. The van der Waals surface area contributed by atoms with Crippen LogP contribution in [0, 0.1) is 18.3 Å². The Hall–Kier alpha value is -1.70. The van der Waals surface area contributed by atoms with Gasteiger partial charge in [-0.3, -0.25) is 0 Å².